The molecular weight excluding hydrogens is 332 g/mol. The van der Waals surface area contributed by atoms with Crippen LogP contribution in [0, 0.1) is 0 Å². The van der Waals surface area contributed by atoms with Gasteiger partial charge in [-0.25, -0.2) is 4.98 Å². The highest BCUT2D eigenvalue weighted by atomic mass is 32.1. The lowest BCUT2D eigenvalue weighted by molar-refractivity contribution is -0.111. The second-order valence-electron chi connectivity index (χ2n) is 5.85. The number of rotatable bonds is 11. The van der Waals surface area contributed by atoms with Crippen molar-refractivity contribution in [3.8, 4) is 5.75 Å². The van der Waals surface area contributed by atoms with Crippen LogP contribution >= 0.6 is 11.3 Å². The number of nitrogens with one attached hydrogen (secondary N) is 1. The maximum absolute atomic E-state index is 11.8. The topological polar surface area (TPSA) is 51.2 Å². The number of hydrogen-bond acceptors (Lipinski definition) is 4. The Hall–Kier alpha value is -2.14. The van der Waals surface area contributed by atoms with E-state index >= 15 is 0 Å². The van der Waals surface area contributed by atoms with E-state index in [1.54, 1.807) is 12.3 Å². The van der Waals surface area contributed by atoms with Crippen molar-refractivity contribution in [1.82, 2.24) is 4.98 Å². The summed E-state index contributed by atoms with van der Waals surface area (Å²) in [6.45, 7) is 2.99. The summed E-state index contributed by atoms with van der Waals surface area (Å²) in [5.74, 6) is 0.691. The number of anilines is 1. The Kier molecular flexibility index (Phi) is 8.77. The fraction of sp³-hybridized carbons (Fsp3) is 0.400. The van der Waals surface area contributed by atoms with Crippen LogP contribution in [-0.4, -0.2) is 17.5 Å². The van der Waals surface area contributed by atoms with Crippen molar-refractivity contribution < 1.29 is 9.53 Å². The van der Waals surface area contributed by atoms with E-state index in [1.807, 2.05) is 29.6 Å². The van der Waals surface area contributed by atoms with Crippen molar-refractivity contribution in [3.05, 3.63) is 47.5 Å². The Bertz CT molecular complexity index is 636. The number of ether oxygens (including phenoxy) is 1. The molecule has 0 aliphatic heterocycles. The highest BCUT2D eigenvalue weighted by molar-refractivity contribution is 7.13. The molecule has 0 spiro atoms. The first-order valence-electron chi connectivity index (χ1n) is 8.89. The van der Waals surface area contributed by atoms with Gasteiger partial charge in [0.25, 0.3) is 0 Å². The van der Waals surface area contributed by atoms with E-state index in [0.717, 1.165) is 24.3 Å². The number of thiazole rings is 1. The molecule has 0 aliphatic carbocycles. The first kappa shape index (κ1) is 19.2. The Balaban J connectivity index is 1.67. The number of carbonyl (C=O) groups excluding carboxylic acids is 1. The third-order valence-electron chi connectivity index (χ3n) is 3.74. The third kappa shape index (κ3) is 7.98. The van der Waals surface area contributed by atoms with Gasteiger partial charge in [-0.05, 0) is 30.2 Å². The third-order valence-corrected chi connectivity index (χ3v) is 4.42. The summed E-state index contributed by atoms with van der Waals surface area (Å²) in [5.41, 5.74) is 0.959. The predicted octanol–water partition coefficient (Wildman–Crippen LogP) is 5.53. The zero-order valence-corrected chi connectivity index (χ0v) is 15.6. The molecule has 134 valence electrons. The van der Waals surface area contributed by atoms with Crippen molar-refractivity contribution >= 4 is 28.5 Å². The van der Waals surface area contributed by atoms with Crippen LogP contribution in [0.1, 0.15) is 51.0 Å². The van der Waals surface area contributed by atoms with Crippen LogP contribution in [0.4, 0.5) is 5.13 Å². The van der Waals surface area contributed by atoms with Crippen LogP contribution in [0.2, 0.25) is 0 Å². The zero-order chi connectivity index (χ0) is 17.7. The van der Waals surface area contributed by atoms with Crippen LogP contribution < -0.4 is 10.1 Å². The van der Waals surface area contributed by atoms with Crippen LogP contribution in [0.3, 0.4) is 0 Å². The molecule has 25 heavy (non-hydrogen) atoms. The minimum atomic E-state index is -0.182. The van der Waals surface area contributed by atoms with Gasteiger partial charge >= 0.3 is 0 Å². The Labute approximate surface area is 153 Å². The molecule has 1 amide bonds. The monoisotopic (exact) mass is 358 g/mol. The fourth-order valence-electron chi connectivity index (χ4n) is 2.35. The van der Waals surface area contributed by atoms with Gasteiger partial charge in [-0.3, -0.25) is 10.1 Å². The van der Waals surface area contributed by atoms with E-state index in [9.17, 15) is 4.79 Å². The minimum Gasteiger partial charge on any atom is -0.494 e. The molecule has 1 aromatic heterocycles. The van der Waals surface area contributed by atoms with Crippen molar-refractivity contribution in [2.75, 3.05) is 11.9 Å². The van der Waals surface area contributed by atoms with Gasteiger partial charge in [0.15, 0.2) is 5.13 Å². The maximum Gasteiger partial charge on any atom is 0.250 e. The van der Waals surface area contributed by atoms with Gasteiger partial charge < -0.3 is 4.74 Å². The normalized spacial score (nSPS) is 10.9. The first-order chi connectivity index (χ1) is 12.3. The average Bonchev–Trinajstić information content (AvgIpc) is 3.13. The quantitative estimate of drug-likeness (QED) is 0.424. The van der Waals surface area contributed by atoms with E-state index in [2.05, 4.69) is 17.2 Å². The van der Waals surface area contributed by atoms with Gasteiger partial charge in [0.05, 0.1) is 6.61 Å². The van der Waals surface area contributed by atoms with Gasteiger partial charge in [-0.15, -0.1) is 11.3 Å². The van der Waals surface area contributed by atoms with Crippen LogP contribution in [-0.2, 0) is 4.79 Å². The Morgan fingerprint density at radius 3 is 2.64 bits per heavy atom. The predicted molar refractivity (Wildman–Crippen MR) is 105 cm³/mol. The second-order valence-corrected chi connectivity index (χ2v) is 6.74. The Morgan fingerprint density at radius 1 is 1.16 bits per heavy atom. The van der Waals surface area contributed by atoms with Crippen LogP contribution in [0.15, 0.2) is 41.9 Å². The Morgan fingerprint density at radius 2 is 1.92 bits per heavy atom. The van der Waals surface area contributed by atoms with E-state index in [-0.39, 0.29) is 5.91 Å². The summed E-state index contributed by atoms with van der Waals surface area (Å²) in [4.78, 5) is 15.8. The van der Waals surface area contributed by atoms with Gasteiger partial charge in [-0.2, -0.15) is 0 Å². The lowest BCUT2D eigenvalue weighted by Gasteiger charge is -2.06. The van der Waals surface area contributed by atoms with Crippen LogP contribution in [0.5, 0.6) is 5.75 Å². The maximum atomic E-state index is 11.8. The van der Waals surface area contributed by atoms with Gasteiger partial charge in [-0.1, -0.05) is 51.2 Å². The molecule has 4 nitrogen and oxygen atoms in total. The van der Waals surface area contributed by atoms with Gasteiger partial charge in [0.1, 0.15) is 5.75 Å². The molecule has 0 fully saturated rings. The van der Waals surface area contributed by atoms with Crippen molar-refractivity contribution in [2.24, 2.45) is 0 Å². The standard InChI is InChI=1S/C20H26N2O2S/c1-2-3-4-5-6-7-15-24-18-11-8-17(9-12-18)10-13-19(23)22-20-21-14-16-25-20/h8-14,16H,2-7,15H2,1H3,(H,21,22,23)/b13-10+. The highest BCUT2D eigenvalue weighted by Crippen LogP contribution is 2.15. The smallest absolute Gasteiger partial charge is 0.250 e. The van der Waals surface area contributed by atoms with Gasteiger partial charge in [0, 0.05) is 17.7 Å². The number of nitrogens with zero attached hydrogens (tertiary/aromatic N) is 1. The molecule has 2 rings (SSSR count). The summed E-state index contributed by atoms with van der Waals surface area (Å²) < 4.78 is 5.75. The number of carbonyl (C=O) groups is 1. The number of amides is 1. The van der Waals surface area contributed by atoms with E-state index in [0.29, 0.717) is 5.13 Å². The molecule has 0 atom stereocenters. The zero-order valence-electron chi connectivity index (χ0n) is 14.7. The van der Waals surface area contributed by atoms with E-state index in [4.69, 9.17) is 4.74 Å². The molecule has 0 bridgehead atoms. The molecule has 1 heterocycles. The highest BCUT2D eigenvalue weighted by Gasteiger charge is 1.99. The largest absolute Gasteiger partial charge is 0.494 e. The van der Waals surface area contributed by atoms with E-state index < -0.39 is 0 Å². The first-order valence-corrected chi connectivity index (χ1v) is 9.77. The molecule has 0 aliphatic rings. The number of unbranched alkanes of at least 4 members (excludes halogenated alkanes) is 5. The summed E-state index contributed by atoms with van der Waals surface area (Å²) in [5, 5.41) is 5.14. The lowest BCUT2D eigenvalue weighted by Crippen LogP contribution is -2.07. The molecular formula is C20H26N2O2S. The molecule has 1 aromatic carbocycles. The molecule has 0 radical (unpaired) electrons. The molecule has 1 N–H and O–H groups in total. The average molecular weight is 359 g/mol. The lowest BCUT2D eigenvalue weighted by atomic mass is 10.1. The summed E-state index contributed by atoms with van der Waals surface area (Å²) in [6, 6.07) is 7.78. The summed E-state index contributed by atoms with van der Waals surface area (Å²) in [6.07, 6.45) is 12.5. The van der Waals surface area contributed by atoms with Crippen molar-refractivity contribution in [2.45, 2.75) is 45.4 Å². The molecule has 2 aromatic rings. The SMILES string of the molecule is CCCCCCCCOc1ccc(/C=C/C(=O)Nc2nccs2)cc1. The fourth-order valence-corrected chi connectivity index (χ4v) is 2.88. The summed E-state index contributed by atoms with van der Waals surface area (Å²) >= 11 is 1.40. The molecule has 0 unspecified atom stereocenters. The minimum absolute atomic E-state index is 0.182. The van der Waals surface area contributed by atoms with Crippen LogP contribution in [0.25, 0.3) is 6.08 Å². The number of hydrogen-bond donors (Lipinski definition) is 1. The van der Waals surface area contributed by atoms with Crippen molar-refractivity contribution in [3.63, 3.8) is 0 Å². The number of aromatic nitrogens is 1. The van der Waals surface area contributed by atoms with Gasteiger partial charge in [0.2, 0.25) is 5.91 Å². The molecule has 0 saturated carbocycles. The second kappa shape index (κ2) is 11.4. The number of benzene rings is 1. The molecule has 5 heteroatoms. The summed E-state index contributed by atoms with van der Waals surface area (Å²) in [7, 11) is 0. The van der Waals surface area contributed by atoms with Crippen molar-refractivity contribution in [1.29, 1.82) is 0 Å². The van der Waals surface area contributed by atoms with E-state index in [1.165, 1.54) is 49.5 Å². The molecule has 0 saturated heterocycles.